The molecule has 9 heteroatoms. The number of hydrogen-bond donors (Lipinski definition) is 2. The predicted molar refractivity (Wildman–Crippen MR) is 118 cm³/mol. The highest BCUT2D eigenvalue weighted by molar-refractivity contribution is 5.87. The van der Waals surface area contributed by atoms with Crippen molar-refractivity contribution in [2.45, 2.75) is 40.0 Å². The number of esters is 3. The van der Waals surface area contributed by atoms with Crippen molar-refractivity contribution in [1.29, 1.82) is 0 Å². The number of ether oxygens (including phenoxy) is 3. The lowest BCUT2D eigenvalue weighted by Gasteiger charge is -2.00. The van der Waals surface area contributed by atoms with Crippen LogP contribution in [0.4, 0.5) is 0 Å². The SMILES string of the molecule is C=C(C)C(=O)OC.C=C(C)C(=O)OCCCO.C=CC(=O)O.C=CC(=O)OCCCC. The van der Waals surface area contributed by atoms with Crippen molar-refractivity contribution in [3.05, 3.63) is 49.6 Å². The van der Waals surface area contributed by atoms with Crippen LogP contribution in [0.15, 0.2) is 49.6 Å². The fourth-order valence-electron chi connectivity index (χ4n) is 0.903. The predicted octanol–water partition coefficient (Wildman–Crippen LogP) is 3.00. The van der Waals surface area contributed by atoms with Crippen LogP contribution in [-0.4, -0.2) is 61.0 Å². The van der Waals surface area contributed by atoms with E-state index in [1.54, 1.807) is 13.8 Å². The minimum atomic E-state index is -0.981. The van der Waals surface area contributed by atoms with E-state index in [4.69, 9.17) is 10.2 Å². The molecular formula is C22H36O9. The van der Waals surface area contributed by atoms with Crippen molar-refractivity contribution < 1.29 is 43.6 Å². The lowest BCUT2D eigenvalue weighted by molar-refractivity contribution is -0.139. The van der Waals surface area contributed by atoms with Crippen molar-refractivity contribution >= 4 is 23.9 Å². The zero-order chi connectivity index (χ0) is 25.2. The largest absolute Gasteiger partial charge is 0.478 e. The first-order valence-electron chi connectivity index (χ1n) is 9.26. The third-order valence-electron chi connectivity index (χ3n) is 2.50. The van der Waals surface area contributed by atoms with Gasteiger partial charge in [0.2, 0.25) is 0 Å². The minimum Gasteiger partial charge on any atom is -0.478 e. The van der Waals surface area contributed by atoms with Crippen LogP contribution in [0.5, 0.6) is 0 Å². The first kappa shape index (κ1) is 35.3. The number of carboxylic acid groups (broad SMARTS) is 1. The van der Waals surface area contributed by atoms with E-state index in [1.807, 2.05) is 6.92 Å². The average molecular weight is 445 g/mol. The Morgan fingerprint density at radius 3 is 1.58 bits per heavy atom. The van der Waals surface area contributed by atoms with E-state index in [0.717, 1.165) is 18.9 Å². The van der Waals surface area contributed by atoms with Gasteiger partial charge in [-0.05, 0) is 20.3 Å². The van der Waals surface area contributed by atoms with Crippen LogP contribution < -0.4 is 0 Å². The van der Waals surface area contributed by atoms with Crippen LogP contribution >= 0.6 is 0 Å². The normalized spacial score (nSPS) is 8.16. The zero-order valence-electron chi connectivity index (χ0n) is 19.0. The molecular weight excluding hydrogens is 408 g/mol. The van der Waals surface area contributed by atoms with Crippen LogP contribution in [-0.2, 0) is 33.4 Å². The minimum absolute atomic E-state index is 0.0451. The van der Waals surface area contributed by atoms with Crippen molar-refractivity contribution in [2.75, 3.05) is 26.9 Å². The maximum atomic E-state index is 10.6. The van der Waals surface area contributed by atoms with Crippen LogP contribution in [0.3, 0.4) is 0 Å². The number of aliphatic carboxylic acids is 1. The number of methoxy groups -OCH3 is 1. The van der Waals surface area contributed by atoms with E-state index in [9.17, 15) is 19.2 Å². The van der Waals surface area contributed by atoms with Crippen molar-refractivity contribution in [3.8, 4) is 0 Å². The smallest absolute Gasteiger partial charge is 0.333 e. The van der Waals surface area contributed by atoms with Gasteiger partial charge in [-0.25, -0.2) is 19.2 Å². The van der Waals surface area contributed by atoms with E-state index in [2.05, 4.69) is 40.5 Å². The molecule has 0 spiro atoms. The van der Waals surface area contributed by atoms with Gasteiger partial charge < -0.3 is 24.4 Å². The summed E-state index contributed by atoms with van der Waals surface area (Å²) in [6.07, 6.45) is 4.47. The summed E-state index contributed by atoms with van der Waals surface area (Å²) < 4.78 is 13.6. The standard InChI is InChI=1S/C7H12O3.C7H12O2.C5H8O2.C3H4O2/c1-6(2)7(9)10-5-3-4-8;1-3-5-6-9-7(8)4-2;1-4(2)5(6)7-3;1-2-3(4)5/h8H,1,3-5H2,2H3;4H,2-3,5-6H2,1H3;1H2,2-3H3;2H,1H2,(H,4,5). The molecule has 0 saturated carbocycles. The van der Waals surface area contributed by atoms with Crippen LogP contribution in [0.2, 0.25) is 0 Å². The Morgan fingerprint density at radius 1 is 0.871 bits per heavy atom. The van der Waals surface area contributed by atoms with Crippen molar-refractivity contribution in [1.82, 2.24) is 0 Å². The number of unbranched alkanes of at least 4 members (excludes halogenated alkanes) is 1. The summed E-state index contributed by atoms with van der Waals surface area (Å²) in [4.78, 5) is 40.4. The molecule has 0 aliphatic heterocycles. The third kappa shape index (κ3) is 38.1. The molecule has 178 valence electrons. The molecule has 0 aromatic rings. The van der Waals surface area contributed by atoms with Gasteiger partial charge in [0.25, 0.3) is 0 Å². The van der Waals surface area contributed by atoms with E-state index in [-0.39, 0.29) is 25.2 Å². The Morgan fingerprint density at radius 2 is 1.32 bits per heavy atom. The summed E-state index contributed by atoms with van der Waals surface area (Å²) in [5, 5.41) is 15.9. The van der Waals surface area contributed by atoms with E-state index < -0.39 is 11.9 Å². The summed E-state index contributed by atoms with van der Waals surface area (Å²) >= 11 is 0. The number of carbonyl (C=O) groups is 4. The summed E-state index contributed by atoms with van der Waals surface area (Å²) in [5.41, 5.74) is 0.820. The second kappa shape index (κ2) is 26.8. The fourth-order valence-corrected chi connectivity index (χ4v) is 0.903. The van der Waals surface area contributed by atoms with Gasteiger partial charge in [-0.3, -0.25) is 0 Å². The highest BCUT2D eigenvalue weighted by atomic mass is 16.5. The molecule has 9 nitrogen and oxygen atoms in total. The summed E-state index contributed by atoms with van der Waals surface area (Å²) in [6, 6.07) is 0. The second-order valence-corrected chi connectivity index (χ2v) is 5.53. The number of hydrogen-bond acceptors (Lipinski definition) is 8. The molecule has 0 amide bonds. The Balaban J connectivity index is -0.000000161. The molecule has 0 aromatic heterocycles. The van der Waals surface area contributed by atoms with Crippen LogP contribution in [0.25, 0.3) is 0 Å². The number of carboxylic acids is 1. The molecule has 0 bridgehead atoms. The molecule has 0 aliphatic carbocycles. The molecule has 2 N–H and O–H groups in total. The van der Waals surface area contributed by atoms with Gasteiger partial charge in [0.05, 0.1) is 20.3 Å². The lowest BCUT2D eigenvalue weighted by Crippen LogP contribution is -2.06. The van der Waals surface area contributed by atoms with E-state index in [0.29, 0.717) is 24.2 Å². The molecule has 0 fully saturated rings. The van der Waals surface area contributed by atoms with Crippen molar-refractivity contribution in [3.63, 3.8) is 0 Å². The van der Waals surface area contributed by atoms with Crippen molar-refractivity contribution in [2.24, 2.45) is 0 Å². The Kier molecular flexibility index (Phi) is 30.5. The monoisotopic (exact) mass is 444 g/mol. The number of aliphatic hydroxyl groups excluding tert-OH is 1. The van der Waals surface area contributed by atoms with Gasteiger partial charge in [0, 0.05) is 36.3 Å². The molecule has 0 unspecified atom stereocenters. The number of rotatable bonds is 10. The zero-order valence-corrected chi connectivity index (χ0v) is 19.0. The number of aliphatic hydroxyl groups is 1. The quantitative estimate of drug-likeness (QED) is 0.225. The first-order valence-corrected chi connectivity index (χ1v) is 9.26. The lowest BCUT2D eigenvalue weighted by atomic mass is 10.4. The topological polar surface area (TPSA) is 136 Å². The average Bonchev–Trinajstić information content (AvgIpc) is 2.74. The molecule has 0 atom stereocenters. The summed E-state index contributed by atoms with van der Waals surface area (Å²) in [5.74, 6) is -2.05. The first-order chi connectivity index (χ1) is 14.4. The van der Waals surface area contributed by atoms with Gasteiger partial charge in [0.1, 0.15) is 0 Å². The molecule has 0 aromatic carbocycles. The Hall–Kier alpha value is -3.20. The summed E-state index contributed by atoms with van der Waals surface area (Å²) in [7, 11) is 1.33. The van der Waals surface area contributed by atoms with Gasteiger partial charge in [-0.15, -0.1) is 0 Å². The molecule has 0 aliphatic rings. The second-order valence-electron chi connectivity index (χ2n) is 5.53. The van der Waals surface area contributed by atoms with Gasteiger partial charge in [-0.1, -0.05) is 39.7 Å². The van der Waals surface area contributed by atoms with E-state index >= 15 is 0 Å². The van der Waals surface area contributed by atoms with Gasteiger partial charge in [-0.2, -0.15) is 0 Å². The Bertz CT molecular complexity index is 578. The maximum absolute atomic E-state index is 10.6. The Labute approximate surface area is 184 Å². The fraction of sp³-hybridized carbons (Fsp3) is 0.455. The summed E-state index contributed by atoms with van der Waals surface area (Å²) in [6.45, 7) is 19.0. The highest BCUT2D eigenvalue weighted by Gasteiger charge is 2.00. The van der Waals surface area contributed by atoms with E-state index in [1.165, 1.54) is 13.2 Å². The van der Waals surface area contributed by atoms with Gasteiger partial charge >= 0.3 is 23.9 Å². The molecule has 0 radical (unpaired) electrons. The third-order valence-corrected chi connectivity index (χ3v) is 2.50. The van der Waals surface area contributed by atoms with Gasteiger partial charge in [0.15, 0.2) is 0 Å². The highest BCUT2D eigenvalue weighted by Crippen LogP contribution is 1.92. The number of carbonyl (C=O) groups excluding carboxylic acids is 3. The molecule has 0 heterocycles. The molecule has 31 heavy (non-hydrogen) atoms. The molecule has 0 saturated heterocycles. The van der Waals surface area contributed by atoms with Crippen LogP contribution in [0.1, 0.15) is 40.0 Å². The molecule has 0 rings (SSSR count). The van der Waals surface area contributed by atoms with Crippen LogP contribution in [0, 0.1) is 0 Å². The maximum Gasteiger partial charge on any atom is 0.333 e.